The molecule has 0 saturated heterocycles. The number of aromatic nitrogens is 1. The van der Waals surface area contributed by atoms with Gasteiger partial charge in [-0.2, -0.15) is 5.26 Å². The third kappa shape index (κ3) is 4.76. The van der Waals surface area contributed by atoms with Crippen LogP contribution in [0.15, 0.2) is 54.6 Å². The molecule has 0 aliphatic carbocycles. The fourth-order valence-corrected chi connectivity index (χ4v) is 2.78. The van der Waals surface area contributed by atoms with Gasteiger partial charge in [-0.15, -0.1) is 13.2 Å². The van der Waals surface area contributed by atoms with Crippen LogP contribution in [0.3, 0.4) is 0 Å². The molecule has 0 bridgehead atoms. The molecule has 0 spiro atoms. The molecular weight excluding hydrogens is 383 g/mol. The summed E-state index contributed by atoms with van der Waals surface area (Å²) in [6.45, 7) is 2.42. The van der Waals surface area contributed by atoms with Gasteiger partial charge in [0.2, 0.25) is 0 Å². The van der Waals surface area contributed by atoms with Crippen molar-refractivity contribution in [2.24, 2.45) is 0 Å². The average Bonchev–Trinajstić information content (AvgIpc) is 2.67. The smallest absolute Gasteiger partial charge is 0.494 e. The summed E-state index contributed by atoms with van der Waals surface area (Å²) in [7, 11) is 0. The first kappa shape index (κ1) is 20.0. The van der Waals surface area contributed by atoms with Crippen molar-refractivity contribution in [3.05, 3.63) is 60.2 Å². The first-order valence-corrected chi connectivity index (χ1v) is 8.60. The van der Waals surface area contributed by atoms with Gasteiger partial charge in [-0.3, -0.25) is 0 Å². The number of hydrogen-bond acceptors (Lipinski definition) is 5. The van der Waals surface area contributed by atoms with E-state index < -0.39 is 6.36 Å². The normalized spacial score (nSPS) is 11.0. The molecule has 0 unspecified atom stereocenters. The van der Waals surface area contributed by atoms with E-state index in [2.05, 4.69) is 9.72 Å². The number of nitrogens with zero attached hydrogens (tertiary/aromatic N) is 2. The molecule has 3 rings (SSSR count). The molecule has 0 radical (unpaired) electrons. The molecule has 148 valence electrons. The zero-order valence-electron chi connectivity index (χ0n) is 15.3. The largest absolute Gasteiger partial charge is 0.573 e. The van der Waals surface area contributed by atoms with E-state index in [1.54, 1.807) is 18.2 Å². The maximum absolute atomic E-state index is 12.4. The molecule has 3 aromatic rings. The quantitative estimate of drug-likeness (QED) is 0.640. The van der Waals surface area contributed by atoms with E-state index in [9.17, 15) is 18.4 Å². The number of anilines is 1. The van der Waals surface area contributed by atoms with E-state index in [1.165, 1.54) is 24.3 Å². The van der Waals surface area contributed by atoms with Crippen LogP contribution in [-0.4, -0.2) is 18.0 Å². The van der Waals surface area contributed by atoms with Crippen molar-refractivity contribution in [2.45, 2.75) is 13.3 Å². The first-order chi connectivity index (χ1) is 13.8. The summed E-state index contributed by atoms with van der Waals surface area (Å²) >= 11 is 0. The Bertz CT molecular complexity index is 1040. The van der Waals surface area contributed by atoms with E-state index in [1.807, 2.05) is 25.1 Å². The zero-order valence-corrected chi connectivity index (χ0v) is 15.3. The number of nitrogens with two attached hydrogens (primary N) is 1. The van der Waals surface area contributed by atoms with Crippen molar-refractivity contribution in [3.63, 3.8) is 0 Å². The van der Waals surface area contributed by atoms with Gasteiger partial charge in [0, 0.05) is 11.1 Å². The highest BCUT2D eigenvalue weighted by Gasteiger charge is 2.31. The third-order valence-electron chi connectivity index (χ3n) is 4.02. The van der Waals surface area contributed by atoms with Crippen molar-refractivity contribution in [1.82, 2.24) is 4.98 Å². The Morgan fingerprint density at radius 1 is 1.00 bits per heavy atom. The van der Waals surface area contributed by atoms with Crippen LogP contribution in [0.4, 0.5) is 19.0 Å². The average molecular weight is 399 g/mol. The summed E-state index contributed by atoms with van der Waals surface area (Å²) in [5, 5.41) is 9.46. The molecule has 0 fully saturated rings. The van der Waals surface area contributed by atoms with Gasteiger partial charge in [-0.05, 0) is 55.0 Å². The summed E-state index contributed by atoms with van der Waals surface area (Å²) in [5.41, 5.74) is 8.36. The Morgan fingerprint density at radius 3 is 2.14 bits per heavy atom. The molecule has 29 heavy (non-hydrogen) atoms. The van der Waals surface area contributed by atoms with Gasteiger partial charge in [0.25, 0.3) is 0 Å². The van der Waals surface area contributed by atoms with Crippen LogP contribution in [0.2, 0.25) is 0 Å². The zero-order chi connectivity index (χ0) is 21.0. The fourth-order valence-electron chi connectivity index (χ4n) is 2.78. The highest BCUT2D eigenvalue weighted by molar-refractivity contribution is 5.80. The van der Waals surface area contributed by atoms with Crippen LogP contribution in [-0.2, 0) is 0 Å². The lowest BCUT2D eigenvalue weighted by atomic mass is 9.98. The van der Waals surface area contributed by atoms with Crippen LogP contribution in [0, 0.1) is 11.3 Å². The second-order valence-electron chi connectivity index (χ2n) is 5.96. The third-order valence-corrected chi connectivity index (χ3v) is 4.02. The lowest BCUT2D eigenvalue weighted by Crippen LogP contribution is -2.16. The minimum Gasteiger partial charge on any atom is -0.494 e. The Morgan fingerprint density at radius 2 is 1.59 bits per heavy atom. The maximum Gasteiger partial charge on any atom is 0.573 e. The number of nitriles is 1. The number of benzene rings is 2. The Kier molecular flexibility index (Phi) is 5.59. The predicted molar refractivity (Wildman–Crippen MR) is 102 cm³/mol. The maximum atomic E-state index is 12.4. The molecule has 0 aliphatic rings. The molecule has 0 aliphatic heterocycles. The summed E-state index contributed by atoms with van der Waals surface area (Å²) in [4.78, 5) is 4.28. The molecular formula is C21H16F3N3O2. The van der Waals surface area contributed by atoms with Gasteiger partial charge >= 0.3 is 6.36 Å². The minimum atomic E-state index is -4.78. The van der Waals surface area contributed by atoms with Crippen molar-refractivity contribution in [3.8, 4) is 40.0 Å². The van der Waals surface area contributed by atoms with Gasteiger partial charge < -0.3 is 15.2 Å². The lowest BCUT2D eigenvalue weighted by Gasteiger charge is -2.12. The number of rotatable bonds is 5. The lowest BCUT2D eigenvalue weighted by molar-refractivity contribution is -0.274. The number of ether oxygens (including phenoxy) is 2. The fraction of sp³-hybridized carbons (Fsp3) is 0.143. The molecule has 5 nitrogen and oxygen atoms in total. The number of pyridine rings is 1. The number of halogens is 3. The van der Waals surface area contributed by atoms with E-state index in [4.69, 9.17) is 10.5 Å². The molecule has 8 heteroatoms. The Labute approximate surface area is 165 Å². The van der Waals surface area contributed by atoms with Crippen molar-refractivity contribution < 1.29 is 22.6 Å². The summed E-state index contributed by atoms with van der Waals surface area (Å²) in [6, 6.07) is 16.1. The van der Waals surface area contributed by atoms with Gasteiger partial charge in [0.05, 0.1) is 12.3 Å². The van der Waals surface area contributed by atoms with Gasteiger partial charge in [0.1, 0.15) is 28.9 Å². The van der Waals surface area contributed by atoms with E-state index in [0.717, 1.165) is 5.56 Å². The number of nitrogen functional groups attached to an aromatic ring is 1. The van der Waals surface area contributed by atoms with Crippen LogP contribution in [0.5, 0.6) is 11.5 Å². The predicted octanol–water partition coefficient (Wildman–Crippen LogP) is 5.17. The minimum absolute atomic E-state index is 0.0319. The SMILES string of the molecule is CCOc1ccc(-c2cc(-c3ccc(OC(F)(F)F)cc3)c(C#N)c(N)n2)cc1. The topological polar surface area (TPSA) is 81.2 Å². The van der Waals surface area contributed by atoms with Crippen LogP contribution >= 0.6 is 0 Å². The van der Waals surface area contributed by atoms with E-state index in [0.29, 0.717) is 29.2 Å². The number of hydrogen-bond donors (Lipinski definition) is 1. The highest BCUT2D eigenvalue weighted by Crippen LogP contribution is 2.33. The van der Waals surface area contributed by atoms with E-state index >= 15 is 0 Å². The summed E-state index contributed by atoms with van der Waals surface area (Å²) < 4.78 is 46.4. The highest BCUT2D eigenvalue weighted by atomic mass is 19.4. The van der Waals surface area contributed by atoms with Crippen LogP contribution in [0.25, 0.3) is 22.4 Å². The molecule has 0 saturated carbocycles. The summed E-state index contributed by atoms with van der Waals surface area (Å²) in [5.74, 6) is 0.386. The van der Waals surface area contributed by atoms with Crippen LogP contribution < -0.4 is 15.2 Å². The molecule has 0 atom stereocenters. The second-order valence-corrected chi connectivity index (χ2v) is 5.96. The Hall–Kier alpha value is -3.73. The van der Waals surface area contributed by atoms with Gasteiger partial charge in [-0.25, -0.2) is 4.98 Å². The molecule has 2 N–H and O–H groups in total. The first-order valence-electron chi connectivity index (χ1n) is 8.60. The standard InChI is InChI=1S/C21H16F3N3O2/c1-2-28-15-7-5-14(6-8-15)19-11-17(18(12-25)20(26)27-19)13-3-9-16(10-4-13)29-21(22,23)24/h3-11H,2H2,1H3,(H2,26,27). The Balaban J connectivity index is 2.01. The molecule has 0 amide bonds. The molecule has 1 heterocycles. The molecule has 1 aromatic heterocycles. The number of alkyl halides is 3. The van der Waals surface area contributed by atoms with E-state index in [-0.39, 0.29) is 17.1 Å². The van der Waals surface area contributed by atoms with Gasteiger partial charge in [0.15, 0.2) is 0 Å². The second kappa shape index (κ2) is 8.10. The van der Waals surface area contributed by atoms with Gasteiger partial charge in [-0.1, -0.05) is 12.1 Å². The van der Waals surface area contributed by atoms with Crippen LogP contribution in [0.1, 0.15) is 12.5 Å². The van der Waals surface area contributed by atoms with Crippen molar-refractivity contribution in [2.75, 3.05) is 12.3 Å². The van der Waals surface area contributed by atoms with Crippen molar-refractivity contribution in [1.29, 1.82) is 5.26 Å². The van der Waals surface area contributed by atoms with Crippen molar-refractivity contribution >= 4 is 5.82 Å². The summed E-state index contributed by atoms with van der Waals surface area (Å²) in [6.07, 6.45) is -4.78. The monoisotopic (exact) mass is 399 g/mol. The molecule has 2 aromatic carbocycles.